The number of hydrogen-bond acceptors (Lipinski definition) is 4. The molecule has 1 heterocycles. The minimum absolute atomic E-state index is 0.756. The summed E-state index contributed by atoms with van der Waals surface area (Å²) >= 11 is 0. The van der Waals surface area contributed by atoms with Gasteiger partial charge in [0.15, 0.2) is 11.5 Å². The Labute approximate surface area is 138 Å². The molecule has 0 saturated heterocycles. The van der Waals surface area contributed by atoms with Gasteiger partial charge in [0.1, 0.15) is 0 Å². The van der Waals surface area contributed by atoms with E-state index in [0.717, 1.165) is 42.5 Å². The second-order valence-corrected chi connectivity index (χ2v) is 5.99. The van der Waals surface area contributed by atoms with Gasteiger partial charge in [0.25, 0.3) is 0 Å². The number of rotatable bonds is 4. The van der Waals surface area contributed by atoms with Crippen molar-refractivity contribution in [1.82, 2.24) is 0 Å². The molecule has 3 rings (SSSR count). The van der Waals surface area contributed by atoms with Crippen LogP contribution in [0.4, 0.5) is 11.4 Å². The van der Waals surface area contributed by atoms with Crippen molar-refractivity contribution < 1.29 is 9.47 Å². The highest BCUT2D eigenvalue weighted by Crippen LogP contribution is 2.40. The minimum Gasteiger partial charge on any atom is -0.493 e. The molecule has 2 aromatic rings. The van der Waals surface area contributed by atoms with Gasteiger partial charge < -0.3 is 19.7 Å². The van der Waals surface area contributed by atoms with Crippen LogP contribution in [0.25, 0.3) is 0 Å². The van der Waals surface area contributed by atoms with E-state index in [0.29, 0.717) is 0 Å². The van der Waals surface area contributed by atoms with Gasteiger partial charge in [-0.1, -0.05) is 18.2 Å². The first-order valence-corrected chi connectivity index (χ1v) is 7.93. The number of hydrogen-bond donors (Lipinski definition) is 1. The normalized spacial score (nSPS) is 13.3. The number of methoxy groups -OCH3 is 2. The van der Waals surface area contributed by atoms with E-state index in [1.54, 1.807) is 14.2 Å². The third kappa shape index (κ3) is 3.07. The van der Waals surface area contributed by atoms with E-state index in [9.17, 15) is 0 Å². The fourth-order valence-electron chi connectivity index (χ4n) is 3.00. The zero-order valence-electron chi connectivity index (χ0n) is 14.3. The first-order chi connectivity index (χ1) is 11.1. The topological polar surface area (TPSA) is 33.7 Å². The van der Waals surface area contributed by atoms with Crippen LogP contribution in [-0.4, -0.2) is 27.3 Å². The molecule has 0 aromatic heterocycles. The van der Waals surface area contributed by atoms with Crippen molar-refractivity contribution >= 4 is 11.4 Å². The second kappa shape index (κ2) is 6.41. The van der Waals surface area contributed by atoms with Crippen LogP contribution in [0.1, 0.15) is 16.7 Å². The average Bonchev–Trinajstić information content (AvgIpc) is 2.57. The van der Waals surface area contributed by atoms with Crippen molar-refractivity contribution in [2.24, 2.45) is 0 Å². The highest BCUT2D eigenvalue weighted by molar-refractivity contribution is 5.77. The molecule has 4 nitrogen and oxygen atoms in total. The summed E-state index contributed by atoms with van der Waals surface area (Å²) in [6, 6.07) is 10.8. The molecule has 0 spiro atoms. The fraction of sp³-hybridized carbons (Fsp3) is 0.368. The molecule has 0 radical (unpaired) electrons. The van der Waals surface area contributed by atoms with E-state index >= 15 is 0 Å². The fourth-order valence-corrected chi connectivity index (χ4v) is 3.00. The Hall–Kier alpha value is -2.36. The van der Waals surface area contributed by atoms with Crippen LogP contribution in [0.3, 0.4) is 0 Å². The van der Waals surface area contributed by atoms with E-state index < -0.39 is 0 Å². The zero-order chi connectivity index (χ0) is 16.4. The summed E-state index contributed by atoms with van der Waals surface area (Å²) in [5.41, 5.74) is 6.26. The molecule has 0 bridgehead atoms. The summed E-state index contributed by atoms with van der Waals surface area (Å²) in [6.45, 7) is 7.10. The molecule has 0 unspecified atom stereocenters. The molecule has 23 heavy (non-hydrogen) atoms. The minimum atomic E-state index is 0.756. The van der Waals surface area contributed by atoms with Gasteiger partial charge in [0.05, 0.1) is 25.6 Å². The molecule has 1 aliphatic rings. The Kier molecular flexibility index (Phi) is 4.33. The number of ether oxygens (including phenoxy) is 2. The highest BCUT2D eigenvalue weighted by atomic mass is 16.5. The van der Waals surface area contributed by atoms with Crippen LogP contribution in [0.15, 0.2) is 30.3 Å². The van der Waals surface area contributed by atoms with Gasteiger partial charge in [-0.3, -0.25) is 0 Å². The van der Waals surface area contributed by atoms with Crippen LogP contribution >= 0.6 is 0 Å². The Morgan fingerprint density at radius 3 is 2.43 bits per heavy atom. The van der Waals surface area contributed by atoms with Crippen molar-refractivity contribution in [3.63, 3.8) is 0 Å². The lowest BCUT2D eigenvalue weighted by Crippen LogP contribution is -2.33. The summed E-state index contributed by atoms with van der Waals surface area (Å²) in [7, 11) is 3.34. The number of benzene rings is 2. The molecule has 4 heteroatoms. The third-order valence-electron chi connectivity index (χ3n) is 4.48. The molecule has 0 aliphatic carbocycles. The number of nitrogens with zero attached hydrogens (tertiary/aromatic N) is 1. The van der Waals surface area contributed by atoms with Crippen molar-refractivity contribution in [2.75, 3.05) is 37.5 Å². The predicted molar refractivity (Wildman–Crippen MR) is 95.0 cm³/mol. The zero-order valence-corrected chi connectivity index (χ0v) is 14.3. The Balaban J connectivity index is 1.92. The van der Waals surface area contributed by atoms with Crippen molar-refractivity contribution in [1.29, 1.82) is 0 Å². The Morgan fingerprint density at radius 2 is 1.74 bits per heavy atom. The third-order valence-corrected chi connectivity index (χ3v) is 4.48. The second-order valence-electron chi connectivity index (χ2n) is 5.99. The summed E-state index contributed by atoms with van der Waals surface area (Å²) < 4.78 is 10.9. The van der Waals surface area contributed by atoms with E-state index in [1.807, 2.05) is 6.07 Å². The van der Waals surface area contributed by atoms with Gasteiger partial charge in [-0.25, -0.2) is 0 Å². The van der Waals surface area contributed by atoms with Gasteiger partial charge in [0, 0.05) is 31.8 Å². The van der Waals surface area contributed by atoms with Gasteiger partial charge in [-0.15, -0.1) is 0 Å². The maximum Gasteiger partial charge on any atom is 0.162 e. The first kappa shape index (κ1) is 15.5. The molecular formula is C19H24N2O2. The van der Waals surface area contributed by atoms with Gasteiger partial charge >= 0.3 is 0 Å². The van der Waals surface area contributed by atoms with Crippen LogP contribution in [0.5, 0.6) is 11.5 Å². The lowest BCUT2D eigenvalue weighted by Gasteiger charge is -2.33. The predicted octanol–water partition coefficient (Wildman–Crippen LogP) is 3.75. The molecule has 0 atom stereocenters. The standard InChI is InChI=1S/C19H24N2O2/c1-13-5-6-15(9-14(13)2)12-21-8-7-20-16-10-18(22-3)19(23-4)11-17(16)21/h5-6,9-11,20H,7-8,12H2,1-4H3. The number of nitrogens with one attached hydrogen (secondary N) is 1. The summed E-state index contributed by atoms with van der Waals surface area (Å²) in [4.78, 5) is 2.39. The van der Waals surface area contributed by atoms with Crippen LogP contribution in [0, 0.1) is 13.8 Å². The summed E-state index contributed by atoms with van der Waals surface area (Å²) in [6.07, 6.45) is 0. The monoisotopic (exact) mass is 312 g/mol. The van der Waals surface area contributed by atoms with Gasteiger partial charge in [-0.05, 0) is 30.5 Å². The van der Waals surface area contributed by atoms with Crippen molar-refractivity contribution in [3.8, 4) is 11.5 Å². The first-order valence-electron chi connectivity index (χ1n) is 7.93. The summed E-state index contributed by atoms with van der Waals surface area (Å²) in [5, 5.41) is 3.45. The van der Waals surface area contributed by atoms with Crippen LogP contribution in [-0.2, 0) is 6.54 Å². The maximum absolute atomic E-state index is 5.46. The molecule has 0 saturated carbocycles. The number of aryl methyl sites for hydroxylation is 2. The SMILES string of the molecule is COc1cc2c(cc1OC)N(Cc1ccc(C)c(C)c1)CCN2. The number of fused-ring (bicyclic) bond motifs is 1. The Bertz CT molecular complexity index is 713. The molecule has 1 aliphatic heterocycles. The maximum atomic E-state index is 5.46. The average molecular weight is 312 g/mol. The lowest BCUT2D eigenvalue weighted by atomic mass is 10.1. The molecule has 0 fully saturated rings. The highest BCUT2D eigenvalue weighted by Gasteiger charge is 2.20. The van der Waals surface area contributed by atoms with Gasteiger partial charge in [0.2, 0.25) is 0 Å². The van der Waals surface area contributed by atoms with Crippen LogP contribution < -0.4 is 19.7 Å². The van der Waals surface area contributed by atoms with E-state index in [1.165, 1.54) is 16.7 Å². The van der Waals surface area contributed by atoms with E-state index in [4.69, 9.17) is 9.47 Å². The molecule has 2 aromatic carbocycles. The van der Waals surface area contributed by atoms with E-state index in [2.05, 4.69) is 48.3 Å². The van der Waals surface area contributed by atoms with Crippen LogP contribution in [0.2, 0.25) is 0 Å². The molecular weight excluding hydrogens is 288 g/mol. The largest absolute Gasteiger partial charge is 0.493 e. The molecule has 0 amide bonds. The van der Waals surface area contributed by atoms with E-state index in [-0.39, 0.29) is 0 Å². The smallest absolute Gasteiger partial charge is 0.162 e. The Morgan fingerprint density at radius 1 is 1.00 bits per heavy atom. The quantitative estimate of drug-likeness (QED) is 0.932. The van der Waals surface area contributed by atoms with Crippen molar-refractivity contribution in [2.45, 2.75) is 20.4 Å². The van der Waals surface area contributed by atoms with Gasteiger partial charge in [-0.2, -0.15) is 0 Å². The van der Waals surface area contributed by atoms with Crippen molar-refractivity contribution in [3.05, 3.63) is 47.0 Å². The molecule has 1 N–H and O–H groups in total. The number of anilines is 2. The lowest BCUT2D eigenvalue weighted by molar-refractivity contribution is 0.355. The summed E-state index contributed by atoms with van der Waals surface area (Å²) in [5.74, 6) is 1.52. The molecule has 122 valence electrons.